The molecule has 7 N–H and O–H groups in total. The molecule has 0 aromatic heterocycles. The average Bonchev–Trinajstić information content (AvgIpc) is 3.02. The molecule has 3 rings (SSSR count). The molecule has 12 nitrogen and oxygen atoms in total. The standard InChI is InChI=1S/C30H36N6O6/c1-32-26(37)18-35-29(39)23-16-21-7-3-4-8-22(21)17-25(23)42-14-6-5-13-34-30(40)24(28(38)33-2)15-19-9-11-20(12-10-19)27(31)36-41/h3-4,7-12,16-17,24,41H,5-6,13-15,18H2,1-2H3,(H2,31,36)(H,32,37)(H,33,38)(H,34,40)(H,35,39). The number of fused-ring (bicyclic) bond motifs is 1. The van der Waals surface area contributed by atoms with Gasteiger partial charge in [0.05, 0.1) is 18.7 Å². The molecule has 0 aliphatic rings. The van der Waals surface area contributed by atoms with Crippen LogP contribution < -0.4 is 31.7 Å². The molecule has 0 aliphatic heterocycles. The van der Waals surface area contributed by atoms with Gasteiger partial charge in [0.1, 0.15) is 11.7 Å². The lowest BCUT2D eigenvalue weighted by atomic mass is 9.96. The Morgan fingerprint density at radius 3 is 2.24 bits per heavy atom. The summed E-state index contributed by atoms with van der Waals surface area (Å²) >= 11 is 0. The van der Waals surface area contributed by atoms with E-state index in [-0.39, 0.29) is 31.3 Å². The number of unbranched alkanes of at least 4 members (excludes halogenated alkanes) is 1. The van der Waals surface area contributed by atoms with Crippen molar-refractivity contribution in [1.29, 1.82) is 0 Å². The molecule has 222 valence electrons. The van der Waals surface area contributed by atoms with Crippen molar-refractivity contribution in [3.05, 3.63) is 77.4 Å². The monoisotopic (exact) mass is 576 g/mol. The predicted molar refractivity (Wildman–Crippen MR) is 158 cm³/mol. The molecule has 0 saturated carbocycles. The molecule has 0 heterocycles. The summed E-state index contributed by atoms with van der Waals surface area (Å²) in [6, 6.07) is 17.8. The summed E-state index contributed by atoms with van der Waals surface area (Å²) in [5, 5.41) is 23.9. The van der Waals surface area contributed by atoms with Gasteiger partial charge in [-0.05, 0) is 47.7 Å². The van der Waals surface area contributed by atoms with E-state index in [4.69, 9.17) is 15.7 Å². The van der Waals surface area contributed by atoms with Gasteiger partial charge in [0, 0.05) is 26.2 Å². The summed E-state index contributed by atoms with van der Waals surface area (Å²) < 4.78 is 5.95. The SMILES string of the molecule is CNC(=O)CNC(=O)c1cc2ccccc2cc1OCCCCNC(=O)C(Cc1ccc(/C(N)=N/O)cc1)C(=O)NC. The van der Waals surface area contributed by atoms with Gasteiger partial charge in [-0.3, -0.25) is 19.2 Å². The van der Waals surface area contributed by atoms with Crippen molar-refractivity contribution in [1.82, 2.24) is 21.3 Å². The van der Waals surface area contributed by atoms with Crippen molar-refractivity contribution in [3.63, 3.8) is 0 Å². The molecule has 0 aliphatic carbocycles. The highest BCUT2D eigenvalue weighted by atomic mass is 16.5. The van der Waals surface area contributed by atoms with Crippen LogP contribution in [0.2, 0.25) is 0 Å². The summed E-state index contributed by atoms with van der Waals surface area (Å²) in [5.41, 5.74) is 7.17. The van der Waals surface area contributed by atoms with Gasteiger partial charge in [-0.15, -0.1) is 0 Å². The number of benzene rings is 3. The van der Waals surface area contributed by atoms with E-state index in [1.807, 2.05) is 24.3 Å². The maximum Gasteiger partial charge on any atom is 0.255 e. The Kier molecular flexibility index (Phi) is 11.7. The van der Waals surface area contributed by atoms with Gasteiger partial charge in [-0.2, -0.15) is 0 Å². The van der Waals surface area contributed by atoms with Crippen molar-refractivity contribution < 1.29 is 29.1 Å². The smallest absolute Gasteiger partial charge is 0.255 e. The molecule has 3 aromatic carbocycles. The third-order valence-corrected chi connectivity index (χ3v) is 6.59. The third-order valence-electron chi connectivity index (χ3n) is 6.59. The van der Waals surface area contributed by atoms with Gasteiger partial charge in [-0.1, -0.05) is 53.7 Å². The number of amides is 4. The zero-order valence-electron chi connectivity index (χ0n) is 23.6. The fourth-order valence-electron chi connectivity index (χ4n) is 4.19. The molecule has 0 saturated heterocycles. The third kappa shape index (κ3) is 8.68. The molecule has 12 heteroatoms. The summed E-state index contributed by atoms with van der Waals surface area (Å²) in [5.74, 6) is -2.13. The fraction of sp³-hybridized carbons (Fsp3) is 0.300. The number of rotatable bonds is 14. The minimum absolute atomic E-state index is 0.0350. The van der Waals surface area contributed by atoms with Crippen LogP contribution in [0.25, 0.3) is 10.8 Å². The topological polar surface area (TPSA) is 184 Å². The second kappa shape index (κ2) is 15.6. The Morgan fingerprint density at radius 2 is 1.60 bits per heavy atom. The van der Waals surface area contributed by atoms with Crippen LogP contribution in [0.1, 0.15) is 34.3 Å². The van der Waals surface area contributed by atoms with E-state index >= 15 is 0 Å². The second-order valence-electron chi connectivity index (χ2n) is 9.45. The first-order valence-electron chi connectivity index (χ1n) is 13.5. The Labute approximate surface area is 243 Å². The van der Waals surface area contributed by atoms with Crippen molar-refractivity contribution in [2.45, 2.75) is 19.3 Å². The Morgan fingerprint density at radius 1 is 0.905 bits per heavy atom. The molecular formula is C30H36N6O6. The van der Waals surface area contributed by atoms with Crippen LogP contribution in [0.4, 0.5) is 0 Å². The van der Waals surface area contributed by atoms with Crippen LogP contribution in [0, 0.1) is 5.92 Å². The minimum Gasteiger partial charge on any atom is -0.493 e. The highest BCUT2D eigenvalue weighted by molar-refractivity contribution is 6.03. The lowest BCUT2D eigenvalue weighted by Crippen LogP contribution is -2.41. The van der Waals surface area contributed by atoms with Crippen molar-refractivity contribution in [2.75, 3.05) is 33.8 Å². The zero-order valence-corrected chi connectivity index (χ0v) is 23.6. The first kappa shape index (κ1) is 31.4. The molecule has 0 radical (unpaired) electrons. The summed E-state index contributed by atoms with van der Waals surface area (Å²) in [7, 11) is 2.97. The molecule has 0 fully saturated rings. The zero-order chi connectivity index (χ0) is 30.5. The number of nitrogens with one attached hydrogen (secondary N) is 4. The van der Waals surface area contributed by atoms with E-state index < -0.39 is 23.6 Å². The number of carbonyl (C=O) groups excluding carboxylic acids is 4. The maximum absolute atomic E-state index is 12.9. The minimum atomic E-state index is -0.936. The largest absolute Gasteiger partial charge is 0.493 e. The van der Waals surface area contributed by atoms with Crippen LogP contribution in [-0.4, -0.2) is 68.5 Å². The number of nitrogens with zero attached hydrogens (tertiary/aromatic N) is 1. The van der Waals surface area contributed by atoms with Gasteiger partial charge >= 0.3 is 0 Å². The van der Waals surface area contributed by atoms with E-state index in [1.54, 1.807) is 36.4 Å². The number of amidine groups is 1. The van der Waals surface area contributed by atoms with Gasteiger partial charge in [0.2, 0.25) is 17.7 Å². The molecule has 1 atom stereocenters. The Balaban J connectivity index is 1.54. The van der Waals surface area contributed by atoms with Gasteiger partial charge in [0.25, 0.3) is 5.91 Å². The number of likely N-dealkylation sites (N-methyl/N-ethyl adjacent to an activating group) is 1. The van der Waals surface area contributed by atoms with E-state index in [9.17, 15) is 19.2 Å². The maximum atomic E-state index is 12.9. The Hall–Kier alpha value is -5.13. The predicted octanol–water partition coefficient (Wildman–Crippen LogP) is 1.29. The second-order valence-corrected chi connectivity index (χ2v) is 9.45. The molecule has 0 spiro atoms. The lowest BCUT2D eigenvalue weighted by molar-refractivity contribution is -0.135. The highest BCUT2D eigenvalue weighted by Gasteiger charge is 2.26. The van der Waals surface area contributed by atoms with Gasteiger partial charge in [0.15, 0.2) is 5.84 Å². The normalized spacial score (nSPS) is 11.8. The van der Waals surface area contributed by atoms with E-state index in [0.29, 0.717) is 36.3 Å². The first-order chi connectivity index (χ1) is 20.3. The van der Waals surface area contributed by atoms with E-state index in [1.165, 1.54) is 14.1 Å². The van der Waals surface area contributed by atoms with Crippen LogP contribution in [0.3, 0.4) is 0 Å². The molecule has 0 bridgehead atoms. The summed E-state index contributed by atoms with van der Waals surface area (Å²) in [6.45, 7) is 0.460. The van der Waals surface area contributed by atoms with Crippen LogP contribution in [0.15, 0.2) is 65.8 Å². The number of nitrogens with two attached hydrogens (primary N) is 1. The number of oxime groups is 1. The average molecular weight is 577 g/mol. The molecule has 42 heavy (non-hydrogen) atoms. The molecule has 3 aromatic rings. The number of carbonyl (C=O) groups is 4. The van der Waals surface area contributed by atoms with Crippen molar-refractivity contribution >= 4 is 40.2 Å². The number of hydrogen-bond donors (Lipinski definition) is 6. The van der Waals surface area contributed by atoms with Crippen molar-refractivity contribution in [3.8, 4) is 5.75 Å². The van der Waals surface area contributed by atoms with Crippen LogP contribution in [0.5, 0.6) is 5.75 Å². The quantitative estimate of drug-likeness (QED) is 0.0417. The molecule has 4 amide bonds. The highest BCUT2D eigenvalue weighted by Crippen LogP contribution is 2.26. The van der Waals surface area contributed by atoms with Crippen LogP contribution >= 0.6 is 0 Å². The summed E-state index contributed by atoms with van der Waals surface area (Å²) in [4.78, 5) is 49.7. The van der Waals surface area contributed by atoms with Crippen molar-refractivity contribution in [2.24, 2.45) is 16.8 Å². The van der Waals surface area contributed by atoms with Gasteiger partial charge in [-0.25, -0.2) is 0 Å². The summed E-state index contributed by atoms with van der Waals surface area (Å²) in [6.07, 6.45) is 1.33. The van der Waals surface area contributed by atoms with Crippen LogP contribution in [-0.2, 0) is 20.8 Å². The number of hydrogen-bond acceptors (Lipinski definition) is 7. The van der Waals surface area contributed by atoms with E-state index in [2.05, 4.69) is 26.4 Å². The van der Waals surface area contributed by atoms with E-state index in [0.717, 1.165) is 16.3 Å². The molecular weight excluding hydrogens is 540 g/mol. The first-order valence-corrected chi connectivity index (χ1v) is 13.5. The fourth-order valence-corrected chi connectivity index (χ4v) is 4.19. The Bertz CT molecular complexity index is 1440. The van der Waals surface area contributed by atoms with Gasteiger partial charge < -0.3 is 36.9 Å². The number of ether oxygens (including phenoxy) is 1. The lowest BCUT2D eigenvalue weighted by Gasteiger charge is -2.16. The molecule has 1 unspecified atom stereocenters.